The van der Waals surface area contributed by atoms with E-state index in [1.807, 2.05) is 36.4 Å². The second kappa shape index (κ2) is 5.71. The van der Waals surface area contributed by atoms with Crippen LogP contribution in [0.3, 0.4) is 0 Å². The molecule has 3 rings (SSSR count). The molecule has 2 N–H and O–H groups in total. The van der Waals surface area contributed by atoms with Crippen molar-refractivity contribution in [2.24, 2.45) is 0 Å². The van der Waals surface area contributed by atoms with Crippen molar-refractivity contribution >= 4 is 17.3 Å². The summed E-state index contributed by atoms with van der Waals surface area (Å²) < 4.78 is 0. The number of anilines is 1. The van der Waals surface area contributed by atoms with Gasteiger partial charge in [-0.25, -0.2) is 4.98 Å². The van der Waals surface area contributed by atoms with Crippen LogP contribution in [0.15, 0.2) is 48.7 Å². The molecule has 1 aromatic carbocycles. The maximum atomic E-state index is 5.85. The van der Waals surface area contributed by atoms with Gasteiger partial charge in [0.1, 0.15) is 16.5 Å². The van der Waals surface area contributed by atoms with E-state index < -0.39 is 0 Å². The minimum absolute atomic E-state index is 0.457. The highest BCUT2D eigenvalue weighted by atomic mass is 35.5. The number of aromatic amines is 1. The number of rotatable bonds is 4. The smallest absolute Gasteiger partial charge is 0.131 e. The third-order valence-electron chi connectivity index (χ3n) is 2.85. The van der Waals surface area contributed by atoms with Gasteiger partial charge in [0.15, 0.2) is 0 Å². The molecule has 0 unspecified atom stereocenters. The summed E-state index contributed by atoms with van der Waals surface area (Å²) in [6, 6.07) is 13.6. The van der Waals surface area contributed by atoms with Crippen molar-refractivity contribution in [1.82, 2.24) is 20.4 Å². The first kappa shape index (κ1) is 12.6. The normalized spacial score (nSPS) is 10.4. The lowest BCUT2D eigenvalue weighted by atomic mass is 10.1. The summed E-state index contributed by atoms with van der Waals surface area (Å²) in [4.78, 5) is 3.94. The van der Waals surface area contributed by atoms with Crippen LogP contribution < -0.4 is 5.32 Å². The molecule has 6 heteroatoms. The standard InChI is InChI=1S/C14H12ClN5/c15-13-8-11(6-7-16-13)17-9-12-14(19-20-18-12)10-4-2-1-3-5-10/h1-8H,9H2,(H,16,17)(H,18,19,20). The van der Waals surface area contributed by atoms with Crippen LogP contribution in [0.5, 0.6) is 0 Å². The Bertz CT molecular complexity index is 696. The first-order valence-electron chi connectivity index (χ1n) is 6.13. The highest BCUT2D eigenvalue weighted by molar-refractivity contribution is 6.29. The number of H-pyrrole nitrogens is 1. The van der Waals surface area contributed by atoms with Gasteiger partial charge in [-0.1, -0.05) is 41.9 Å². The average Bonchev–Trinajstić information content (AvgIpc) is 2.95. The van der Waals surface area contributed by atoms with E-state index in [0.717, 1.165) is 22.6 Å². The van der Waals surface area contributed by atoms with Crippen LogP contribution >= 0.6 is 11.6 Å². The lowest BCUT2D eigenvalue weighted by Crippen LogP contribution is -2.01. The molecule has 0 aliphatic rings. The first-order valence-corrected chi connectivity index (χ1v) is 6.51. The van der Waals surface area contributed by atoms with E-state index in [9.17, 15) is 0 Å². The Morgan fingerprint density at radius 2 is 1.95 bits per heavy atom. The Morgan fingerprint density at radius 1 is 1.10 bits per heavy atom. The van der Waals surface area contributed by atoms with Gasteiger partial charge in [-0.2, -0.15) is 15.4 Å². The van der Waals surface area contributed by atoms with E-state index in [-0.39, 0.29) is 0 Å². The maximum absolute atomic E-state index is 5.85. The van der Waals surface area contributed by atoms with Gasteiger partial charge in [0.2, 0.25) is 0 Å². The van der Waals surface area contributed by atoms with Crippen molar-refractivity contribution in [3.63, 3.8) is 0 Å². The fraction of sp³-hybridized carbons (Fsp3) is 0.0714. The Balaban J connectivity index is 1.78. The molecule has 20 heavy (non-hydrogen) atoms. The van der Waals surface area contributed by atoms with E-state index in [1.165, 1.54) is 0 Å². The van der Waals surface area contributed by atoms with Crippen LogP contribution in [-0.2, 0) is 6.54 Å². The van der Waals surface area contributed by atoms with Crippen LogP contribution in [0.4, 0.5) is 5.69 Å². The van der Waals surface area contributed by atoms with E-state index in [1.54, 1.807) is 12.3 Å². The lowest BCUT2D eigenvalue weighted by molar-refractivity contribution is 0.911. The average molecular weight is 286 g/mol. The van der Waals surface area contributed by atoms with Crippen molar-refractivity contribution in [3.8, 4) is 11.3 Å². The summed E-state index contributed by atoms with van der Waals surface area (Å²) >= 11 is 5.85. The molecule has 0 saturated carbocycles. The molecular weight excluding hydrogens is 274 g/mol. The molecule has 3 aromatic rings. The summed E-state index contributed by atoms with van der Waals surface area (Å²) in [5.41, 5.74) is 3.63. The molecule has 0 fully saturated rings. The topological polar surface area (TPSA) is 66.5 Å². The van der Waals surface area contributed by atoms with Gasteiger partial charge >= 0.3 is 0 Å². The molecule has 0 saturated heterocycles. The number of nitrogens with one attached hydrogen (secondary N) is 2. The molecule has 0 radical (unpaired) electrons. The summed E-state index contributed by atoms with van der Waals surface area (Å²) in [5.74, 6) is 0. The van der Waals surface area contributed by atoms with Gasteiger partial charge in [-0.05, 0) is 12.1 Å². The fourth-order valence-electron chi connectivity index (χ4n) is 1.90. The number of pyridine rings is 1. The van der Waals surface area contributed by atoms with Crippen molar-refractivity contribution in [3.05, 3.63) is 59.5 Å². The Kier molecular flexibility index (Phi) is 3.60. The zero-order chi connectivity index (χ0) is 13.8. The Labute approximate surface area is 121 Å². The third kappa shape index (κ3) is 2.78. The molecule has 100 valence electrons. The highest BCUT2D eigenvalue weighted by Gasteiger charge is 2.09. The molecule has 0 aliphatic heterocycles. The number of nitrogens with zero attached hydrogens (tertiary/aromatic N) is 3. The third-order valence-corrected chi connectivity index (χ3v) is 3.06. The number of benzene rings is 1. The molecule has 0 spiro atoms. The Morgan fingerprint density at radius 3 is 2.75 bits per heavy atom. The minimum Gasteiger partial charge on any atom is -0.379 e. The van der Waals surface area contributed by atoms with Gasteiger partial charge in [0.05, 0.1) is 6.54 Å². The van der Waals surface area contributed by atoms with Gasteiger partial charge < -0.3 is 5.32 Å². The quantitative estimate of drug-likeness (QED) is 0.723. The number of hydrogen-bond donors (Lipinski definition) is 2. The van der Waals surface area contributed by atoms with E-state index >= 15 is 0 Å². The molecule has 0 aliphatic carbocycles. The van der Waals surface area contributed by atoms with Crippen molar-refractivity contribution in [2.45, 2.75) is 6.54 Å². The summed E-state index contributed by atoms with van der Waals surface area (Å²) in [6.45, 7) is 0.557. The fourth-order valence-corrected chi connectivity index (χ4v) is 2.08. The molecule has 0 atom stereocenters. The molecule has 2 aromatic heterocycles. The molecule has 0 amide bonds. The number of hydrogen-bond acceptors (Lipinski definition) is 4. The van der Waals surface area contributed by atoms with Gasteiger partial charge in [0.25, 0.3) is 0 Å². The SMILES string of the molecule is Clc1cc(NCc2n[nH]nc2-c2ccccc2)ccn1. The summed E-state index contributed by atoms with van der Waals surface area (Å²) in [5, 5.41) is 14.8. The van der Waals surface area contributed by atoms with Gasteiger partial charge in [-0.3, -0.25) is 0 Å². The second-order valence-electron chi connectivity index (χ2n) is 4.21. The van der Waals surface area contributed by atoms with Crippen molar-refractivity contribution < 1.29 is 0 Å². The van der Waals surface area contributed by atoms with Crippen LogP contribution in [-0.4, -0.2) is 20.4 Å². The highest BCUT2D eigenvalue weighted by Crippen LogP contribution is 2.20. The van der Waals surface area contributed by atoms with Gasteiger partial charge in [-0.15, -0.1) is 0 Å². The molecule has 2 heterocycles. The molecular formula is C14H12ClN5. The summed E-state index contributed by atoms with van der Waals surface area (Å²) in [7, 11) is 0. The zero-order valence-electron chi connectivity index (χ0n) is 10.5. The molecule has 5 nitrogen and oxygen atoms in total. The van der Waals surface area contributed by atoms with Crippen LogP contribution in [0.25, 0.3) is 11.3 Å². The van der Waals surface area contributed by atoms with E-state index in [4.69, 9.17) is 11.6 Å². The predicted molar refractivity (Wildman–Crippen MR) is 78.4 cm³/mol. The maximum Gasteiger partial charge on any atom is 0.131 e. The lowest BCUT2D eigenvalue weighted by Gasteiger charge is -2.05. The number of halogens is 1. The summed E-state index contributed by atoms with van der Waals surface area (Å²) in [6.07, 6.45) is 1.66. The van der Waals surface area contributed by atoms with Crippen LogP contribution in [0.1, 0.15) is 5.69 Å². The largest absolute Gasteiger partial charge is 0.379 e. The van der Waals surface area contributed by atoms with E-state index in [0.29, 0.717) is 11.7 Å². The van der Waals surface area contributed by atoms with E-state index in [2.05, 4.69) is 25.7 Å². The molecule has 0 bridgehead atoms. The van der Waals surface area contributed by atoms with Crippen LogP contribution in [0.2, 0.25) is 5.15 Å². The predicted octanol–water partition coefficient (Wildman–Crippen LogP) is 3.13. The zero-order valence-corrected chi connectivity index (χ0v) is 11.3. The monoisotopic (exact) mass is 285 g/mol. The van der Waals surface area contributed by atoms with Crippen LogP contribution in [0, 0.1) is 0 Å². The van der Waals surface area contributed by atoms with Crippen molar-refractivity contribution in [2.75, 3.05) is 5.32 Å². The Hall–Kier alpha value is -2.40. The number of aromatic nitrogens is 4. The first-order chi connectivity index (χ1) is 9.83. The second-order valence-corrected chi connectivity index (χ2v) is 4.59. The van der Waals surface area contributed by atoms with Crippen molar-refractivity contribution in [1.29, 1.82) is 0 Å². The minimum atomic E-state index is 0.457. The van der Waals surface area contributed by atoms with Gasteiger partial charge in [0, 0.05) is 17.4 Å².